The van der Waals surface area contributed by atoms with Crippen molar-refractivity contribution in [1.82, 2.24) is 0 Å². The van der Waals surface area contributed by atoms with Gasteiger partial charge in [0.05, 0.1) is 9.71 Å². The van der Waals surface area contributed by atoms with Gasteiger partial charge in [-0.05, 0) is 18.6 Å². The normalized spacial score (nSPS) is 13.0. The minimum absolute atomic E-state index is 0.157. The van der Waals surface area contributed by atoms with Crippen molar-refractivity contribution < 1.29 is 0 Å². The van der Waals surface area contributed by atoms with Crippen LogP contribution in [0.25, 0.3) is 0 Å². The molecule has 1 aromatic rings. The summed E-state index contributed by atoms with van der Waals surface area (Å²) in [6.45, 7) is 2.23. The quantitative estimate of drug-likeness (QED) is 0.416. The molecule has 0 bridgehead atoms. The number of halogens is 2. The number of hydrogen-bond acceptors (Lipinski definition) is 1. The lowest BCUT2D eigenvalue weighted by atomic mass is 10.1. The van der Waals surface area contributed by atoms with Gasteiger partial charge >= 0.3 is 0 Å². The average molecular weight is 265 g/mol. The van der Waals surface area contributed by atoms with Crippen molar-refractivity contribution in [3.05, 3.63) is 21.3 Å². The summed E-state index contributed by atoms with van der Waals surface area (Å²) >= 11 is 13.7. The molecule has 0 amide bonds. The molecule has 0 aromatic carbocycles. The standard InChI is InChI=1S/C12H18Cl2S/c1-2-3-4-5-6-7-10(13)11-8-9-12(14)15-11/h8-10H,2-7H2,1H3. The lowest BCUT2D eigenvalue weighted by Gasteiger charge is -2.06. The largest absolute Gasteiger partial charge is 0.127 e. The molecule has 0 saturated carbocycles. The highest BCUT2D eigenvalue weighted by Gasteiger charge is 2.09. The van der Waals surface area contributed by atoms with Crippen LogP contribution in [0.5, 0.6) is 0 Å². The SMILES string of the molecule is CCCCCCCC(Cl)c1ccc(Cl)s1. The van der Waals surface area contributed by atoms with Crippen molar-refractivity contribution in [2.24, 2.45) is 0 Å². The predicted octanol–water partition coefficient (Wildman–Crippen LogP) is 6.04. The highest BCUT2D eigenvalue weighted by Crippen LogP contribution is 2.33. The maximum atomic E-state index is 6.28. The Hall–Kier alpha value is 0.280. The van der Waals surface area contributed by atoms with E-state index in [-0.39, 0.29) is 5.38 Å². The molecule has 0 aliphatic carbocycles. The number of unbranched alkanes of at least 4 members (excludes halogenated alkanes) is 4. The van der Waals surface area contributed by atoms with Gasteiger partial charge in [-0.25, -0.2) is 0 Å². The number of thiophene rings is 1. The second-order valence-corrected chi connectivity index (χ2v) is 6.09. The fourth-order valence-electron chi connectivity index (χ4n) is 1.57. The molecule has 0 fully saturated rings. The molecule has 0 radical (unpaired) electrons. The lowest BCUT2D eigenvalue weighted by molar-refractivity contribution is 0.603. The topological polar surface area (TPSA) is 0 Å². The first-order valence-corrected chi connectivity index (χ1v) is 7.26. The predicted molar refractivity (Wildman–Crippen MR) is 71.3 cm³/mol. The molecule has 0 spiro atoms. The molecule has 0 saturated heterocycles. The fourth-order valence-corrected chi connectivity index (χ4v) is 3.00. The van der Waals surface area contributed by atoms with Gasteiger partial charge in [0, 0.05) is 4.88 Å². The molecule has 0 N–H and O–H groups in total. The summed E-state index contributed by atoms with van der Waals surface area (Å²) in [7, 11) is 0. The van der Waals surface area contributed by atoms with Crippen LogP contribution in [-0.2, 0) is 0 Å². The van der Waals surface area contributed by atoms with E-state index < -0.39 is 0 Å². The number of rotatable bonds is 7. The third kappa shape index (κ3) is 5.24. The molecular formula is C12H18Cl2S. The van der Waals surface area contributed by atoms with Gasteiger partial charge in [0.25, 0.3) is 0 Å². The molecule has 0 aliphatic heterocycles. The van der Waals surface area contributed by atoms with Crippen molar-refractivity contribution in [3.63, 3.8) is 0 Å². The smallest absolute Gasteiger partial charge is 0.0931 e. The zero-order chi connectivity index (χ0) is 11.1. The fraction of sp³-hybridized carbons (Fsp3) is 0.667. The van der Waals surface area contributed by atoms with Crippen molar-refractivity contribution in [1.29, 1.82) is 0 Å². The van der Waals surface area contributed by atoms with E-state index in [1.54, 1.807) is 11.3 Å². The van der Waals surface area contributed by atoms with Crippen LogP contribution in [0.15, 0.2) is 12.1 Å². The van der Waals surface area contributed by atoms with E-state index in [4.69, 9.17) is 23.2 Å². The molecule has 1 unspecified atom stereocenters. The zero-order valence-corrected chi connectivity index (χ0v) is 11.5. The number of alkyl halides is 1. The molecule has 0 nitrogen and oxygen atoms in total. The molecule has 1 atom stereocenters. The van der Waals surface area contributed by atoms with E-state index in [1.165, 1.54) is 37.0 Å². The minimum Gasteiger partial charge on any atom is -0.127 e. The van der Waals surface area contributed by atoms with Crippen molar-refractivity contribution in [3.8, 4) is 0 Å². The molecule has 86 valence electrons. The Morgan fingerprint density at radius 1 is 1.20 bits per heavy atom. The Bertz CT molecular complexity index is 270. The summed E-state index contributed by atoms with van der Waals surface area (Å²) in [5.41, 5.74) is 0. The van der Waals surface area contributed by atoms with Crippen LogP contribution in [0.2, 0.25) is 4.34 Å². The Labute approximate surface area is 107 Å². The highest BCUT2D eigenvalue weighted by atomic mass is 35.5. The van der Waals surface area contributed by atoms with Gasteiger partial charge in [0.15, 0.2) is 0 Å². The van der Waals surface area contributed by atoms with Crippen LogP contribution in [0.3, 0.4) is 0 Å². The first kappa shape index (κ1) is 13.3. The van der Waals surface area contributed by atoms with E-state index >= 15 is 0 Å². The Kier molecular flexibility index (Phi) is 6.71. The third-order valence-electron chi connectivity index (χ3n) is 2.46. The van der Waals surface area contributed by atoms with Crippen LogP contribution < -0.4 is 0 Å². The monoisotopic (exact) mass is 264 g/mol. The van der Waals surface area contributed by atoms with Crippen LogP contribution in [0.4, 0.5) is 0 Å². The number of hydrogen-bond donors (Lipinski definition) is 0. The maximum Gasteiger partial charge on any atom is 0.0931 e. The lowest BCUT2D eigenvalue weighted by Crippen LogP contribution is -1.87. The molecule has 15 heavy (non-hydrogen) atoms. The van der Waals surface area contributed by atoms with Gasteiger partial charge in [-0.3, -0.25) is 0 Å². The Morgan fingerprint density at radius 2 is 1.93 bits per heavy atom. The molecular weight excluding hydrogens is 247 g/mol. The van der Waals surface area contributed by atoms with Crippen LogP contribution >= 0.6 is 34.5 Å². The van der Waals surface area contributed by atoms with Crippen molar-refractivity contribution in [2.75, 3.05) is 0 Å². The summed E-state index contributed by atoms with van der Waals surface area (Å²) in [6.07, 6.45) is 7.58. The zero-order valence-electron chi connectivity index (χ0n) is 9.14. The molecule has 1 rings (SSSR count). The van der Waals surface area contributed by atoms with E-state index in [9.17, 15) is 0 Å². The summed E-state index contributed by atoms with van der Waals surface area (Å²) in [5.74, 6) is 0. The van der Waals surface area contributed by atoms with Gasteiger partial charge in [-0.1, -0.05) is 50.6 Å². The van der Waals surface area contributed by atoms with E-state index in [2.05, 4.69) is 6.92 Å². The first-order chi connectivity index (χ1) is 7.24. The third-order valence-corrected chi connectivity index (χ3v) is 4.39. The van der Waals surface area contributed by atoms with Gasteiger partial charge in [0.1, 0.15) is 0 Å². The maximum absolute atomic E-state index is 6.28. The summed E-state index contributed by atoms with van der Waals surface area (Å²) in [5, 5.41) is 0.157. The highest BCUT2D eigenvalue weighted by molar-refractivity contribution is 7.16. The van der Waals surface area contributed by atoms with E-state index in [0.717, 1.165) is 10.8 Å². The Balaban J connectivity index is 2.16. The molecule has 3 heteroatoms. The van der Waals surface area contributed by atoms with Crippen LogP contribution in [0.1, 0.15) is 55.7 Å². The second kappa shape index (κ2) is 7.54. The van der Waals surface area contributed by atoms with Gasteiger partial charge in [-0.2, -0.15) is 0 Å². The van der Waals surface area contributed by atoms with Gasteiger partial charge in [-0.15, -0.1) is 22.9 Å². The molecule has 1 heterocycles. The molecule has 0 aliphatic rings. The minimum atomic E-state index is 0.157. The van der Waals surface area contributed by atoms with E-state index in [1.807, 2.05) is 12.1 Å². The van der Waals surface area contributed by atoms with Crippen LogP contribution in [-0.4, -0.2) is 0 Å². The van der Waals surface area contributed by atoms with Crippen molar-refractivity contribution in [2.45, 2.75) is 50.8 Å². The van der Waals surface area contributed by atoms with Gasteiger partial charge < -0.3 is 0 Å². The second-order valence-electron chi connectivity index (χ2n) is 3.81. The average Bonchev–Trinajstić information content (AvgIpc) is 2.64. The first-order valence-electron chi connectivity index (χ1n) is 5.63. The molecule has 1 aromatic heterocycles. The van der Waals surface area contributed by atoms with Crippen molar-refractivity contribution >= 4 is 34.5 Å². The summed E-state index contributed by atoms with van der Waals surface area (Å²) in [4.78, 5) is 1.21. The summed E-state index contributed by atoms with van der Waals surface area (Å²) in [6, 6.07) is 3.96. The summed E-state index contributed by atoms with van der Waals surface area (Å²) < 4.78 is 0.835. The van der Waals surface area contributed by atoms with Gasteiger partial charge in [0.2, 0.25) is 0 Å². The van der Waals surface area contributed by atoms with E-state index in [0.29, 0.717) is 0 Å². The van der Waals surface area contributed by atoms with Crippen LogP contribution in [0, 0.1) is 0 Å². The Morgan fingerprint density at radius 3 is 2.53 bits per heavy atom.